The molecule has 1 unspecified atom stereocenters. The van der Waals surface area contributed by atoms with E-state index in [2.05, 4.69) is 19.2 Å². The van der Waals surface area contributed by atoms with Crippen LogP contribution in [0.15, 0.2) is 30.3 Å². The summed E-state index contributed by atoms with van der Waals surface area (Å²) in [4.78, 5) is 4.69. The van der Waals surface area contributed by atoms with Crippen LogP contribution in [0.2, 0.25) is 0 Å². The highest BCUT2D eigenvalue weighted by Gasteiger charge is 2.21. The van der Waals surface area contributed by atoms with Crippen LogP contribution in [0.25, 0.3) is 22.0 Å². The van der Waals surface area contributed by atoms with Crippen LogP contribution in [0, 0.1) is 6.92 Å². The number of benzene rings is 2. The molecule has 0 fully saturated rings. The number of methoxy groups -OCH3 is 4. The molecule has 1 atom stereocenters. The molecule has 1 heterocycles. The normalized spacial score (nSPS) is 11.4. The Balaban J connectivity index is 0.000000696. The molecule has 0 aliphatic carbocycles. The highest BCUT2D eigenvalue weighted by Crippen LogP contribution is 2.42. The van der Waals surface area contributed by atoms with Gasteiger partial charge in [0.05, 0.1) is 40.1 Å². The van der Waals surface area contributed by atoms with Gasteiger partial charge in [-0.15, -0.1) is 0 Å². The van der Waals surface area contributed by atoms with E-state index >= 15 is 0 Å². The monoisotopic (exact) mass is 456 g/mol. The quantitative estimate of drug-likeness (QED) is 0.498. The molecule has 0 spiro atoms. The molecule has 0 radical (unpaired) electrons. The average molecular weight is 457 g/mol. The number of aliphatic hydroxyl groups is 1. The Hall–Kier alpha value is -3.03. The first-order chi connectivity index (χ1) is 15.9. The first-order valence-corrected chi connectivity index (χ1v) is 11.0. The van der Waals surface area contributed by atoms with Crippen molar-refractivity contribution in [3.8, 4) is 34.1 Å². The lowest BCUT2D eigenvalue weighted by Crippen LogP contribution is -2.09. The van der Waals surface area contributed by atoms with E-state index in [1.54, 1.807) is 35.4 Å². The van der Waals surface area contributed by atoms with E-state index in [4.69, 9.17) is 23.9 Å². The predicted octanol–water partition coefficient (Wildman–Crippen LogP) is 4.91. The minimum atomic E-state index is -0.701. The number of aliphatic hydroxyl groups excluding tert-OH is 1. The molecule has 1 aromatic heterocycles. The van der Waals surface area contributed by atoms with Crippen molar-refractivity contribution >= 4 is 10.9 Å². The topological polar surface area (TPSA) is 82.1 Å². The van der Waals surface area contributed by atoms with Crippen molar-refractivity contribution in [1.29, 1.82) is 0 Å². The Morgan fingerprint density at radius 3 is 1.88 bits per heavy atom. The number of nitrogens with zero attached hydrogens (tertiary/aromatic N) is 1. The number of fused-ring (bicyclic) bond motifs is 1. The zero-order chi connectivity index (χ0) is 24.5. The van der Waals surface area contributed by atoms with Crippen LogP contribution in [0.5, 0.6) is 23.0 Å². The zero-order valence-electron chi connectivity index (χ0n) is 20.9. The fourth-order valence-electron chi connectivity index (χ4n) is 3.79. The van der Waals surface area contributed by atoms with Crippen molar-refractivity contribution in [3.63, 3.8) is 0 Å². The second-order valence-corrected chi connectivity index (χ2v) is 7.41. The van der Waals surface area contributed by atoms with Crippen LogP contribution < -0.4 is 24.3 Å². The summed E-state index contributed by atoms with van der Waals surface area (Å²) in [7, 11) is 6.38. The van der Waals surface area contributed by atoms with Gasteiger partial charge >= 0.3 is 0 Å². The number of aromatic nitrogens is 1. The SMILES string of the molecule is CCNCC.COc1ccc(-c2c(C(C)O)c(C)nc3cc(OC)c(OC)cc23)cc1OC. The molecule has 3 rings (SSSR count). The number of hydrogen-bond acceptors (Lipinski definition) is 7. The molecule has 7 nitrogen and oxygen atoms in total. The molecule has 0 saturated carbocycles. The van der Waals surface area contributed by atoms with E-state index in [-0.39, 0.29) is 0 Å². The fourth-order valence-corrected chi connectivity index (χ4v) is 3.79. The van der Waals surface area contributed by atoms with E-state index in [0.717, 1.165) is 46.4 Å². The van der Waals surface area contributed by atoms with E-state index < -0.39 is 6.10 Å². The summed E-state index contributed by atoms with van der Waals surface area (Å²) in [6, 6.07) is 9.42. The van der Waals surface area contributed by atoms with Crippen molar-refractivity contribution in [1.82, 2.24) is 10.3 Å². The molecule has 2 N–H and O–H groups in total. The summed E-state index contributed by atoms with van der Waals surface area (Å²) in [6.45, 7) is 10.0. The first kappa shape index (κ1) is 26.2. The van der Waals surface area contributed by atoms with Gasteiger partial charge in [-0.1, -0.05) is 19.9 Å². The average Bonchev–Trinajstić information content (AvgIpc) is 2.82. The van der Waals surface area contributed by atoms with Gasteiger partial charge in [0.15, 0.2) is 23.0 Å². The maximum absolute atomic E-state index is 10.5. The Morgan fingerprint density at radius 1 is 0.848 bits per heavy atom. The van der Waals surface area contributed by atoms with Gasteiger partial charge in [0.2, 0.25) is 0 Å². The number of ether oxygens (including phenoxy) is 4. The van der Waals surface area contributed by atoms with E-state index in [0.29, 0.717) is 23.0 Å². The summed E-state index contributed by atoms with van der Waals surface area (Å²) in [5.41, 5.74) is 4.02. The molecule has 180 valence electrons. The van der Waals surface area contributed by atoms with Gasteiger partial charge in [0.1, 0.15) is 0 Å². The maximum Gasteiger partial charge on any atom is 0.162 e. The minimum Gasteiger partial charge on any atom is -0.493 e. The number of aryl methyl sites for hydroxylation is 1. The van der Waals surface area contributed by atoms with Crippen molar-refractivity contribution in [2.24, 2.45) is 0 Å². The number of rotatable bonds is 8. The van der Waals surface area contributed by atoms with Crippen LogP contribution >= 0.6 is 0 Å². The third-order valence-corrected chi connectivity index (χ3v) is 5.31. The van der Waals surface area contributed by atoms with Crippen LogP contribution in [0.3, 0.4) is 0 Å². The zero-order valence-corrected chi connectivity index (χ0v) is 20.9. The summed E-state index contributed by atoms with van der Waals surface area (Å²) in [5, 5.41) is 14.5. The van der Waals surface area contributed by atoms with Gasteiger partial charge in [-0.25, -0.2) is 0 Å². The molecule has 3 aromatic rings. The summed E-state index contributed by atoms with van der Waals surface area (Å²) < 4.78 is 21.7. The van der Waals surface area contributed by atoms with E-state index in [9.17, 15) is 5.11 Å². The molecular formula is C26H36N2O5. The second kappa shape index (κ2) is 12.3. The molecule has 0 saturated heterocycles. The van der Waals surface area contributed by atoms with Crippen LogP contribution in [0.1, 0.15) is 38.1 Å². The van der Waals surface area contributed by atoms with E-state index in [1.807, 2.05) is 37.3 Å². The Morgan fingerprint density at radius 2 is 1.39 bits per heavy atom. The molecular weight excluding hydrogens is 420 g/mol. The molecule has 0 aliphatic heterocycles. The molecule has 0 amide bonds. The molecule has 0 bridgehead atoms. The standard InChI is InChI=1S/C22H25NO5.C4H11N/c1-12-21(13(2)24)22(14-7-8-17(25-3)18(9-14)26-4)15-10-19(27-5)20(28-6)11-16(15)23-12;1-3-5-4-2/h7-11,13,24H,1-6H3;5H,3-4H2,1-2H3. The Kier molecular flexibility index (Phi) is 9.75. The van der Waals surface area contributed by atoms with Gasteiger partial charge in [-0.05, 0) is 56.3 Å². The maximum atomic E-state index is 10.5. The van der Waals surface area contributed by atoms with Gasteiger partial charge in [-0.2, -0.15) is 0 Å². The summed E-state index contributed by atoms with van der Waals surface area (Å²) >= 11 is 0. The summed E-state index contributed by atoms with van der Waals surface area (Å²) in [5.74, 6) is 2.45. The van der Waals surface area contributed by atoms with Crippen LogP contribution in [0.4, 0.5) is 0 Å². The smallest absolute Gasteiger partial charge is 0.162 e. The summed E-state index contributed by atoms with van der Waals surface area (Å²) in [6.07, 6.45) is -0.701. The lowest BCUT2D eigenvalue weighted by molar-refractivity contribution is 0.199. The molecule has 7 heteroatoms. The predicted molar refractivity (Wildman–Crippen MR) is 133 cm³/mol. The number of pyridine rings is 1. The first-order valence-electron chi connectivity index (χ1n) is 11.0. The van der Waals surface area contributed by atoms with Gasteiger partial charge in [-0.3, -0.25) is 4.98 Å². The third-order valence-electron chi connectivity index (χ3n) is 5.31. The molecule has 33 heavy (non-hydrogen) atoms. The van der Waals surface area contributed by atoms with Crippen molar-refractivity contribution in [2.75, 3.05) is 41.5 Å². The molecule has 0 aliphatic rings. The Bertz CT molecular complexity index is 1060. The lowest BCUT2D eigenvalue weighted by atomic mass is 9.91. The fraction of sp³-hybridized carbons (Fsp3) is 0.423. The number of nitrogens with one attached hydrogen (secondary N) is 1. The largest absolute Gasteiger partial charge is 0.493 e. The van der Waals surface area contributed by atoms with Gasteiger partial charge in [0.25, 0.3) is 0 Å². The Labute approximate surface area is 196 Å². The minimum absolute atomic E-state index is 0.596. The van der Waals surface area contributed by atoms with Crippen molar-refractivity contribution in [2.45, 2.75) is 33.8 Å². The van der Waals surface area contributed by atoms with E-state index in [1.165, 1.54) is 0 Å². The van der Waals surface area contributed by atoms with Crippen LogP contribution in [-0.2, 0) is 0 Å². The second-order valence-electron chi connectivity index (χ2n) is 7.41. The highest BCUT2D eigenvalue weighted by molar-refractivity contribution is 5.99. The van der Waals surface area contributed by atoms with Gasteiger partial charge < -0.3 is 29.4 Å². The number of hydrogen-bond donors (Lipinski definition) is 2. The molecule has 2 aromatic carbocycles. The highest BCUT2D eigenvalue weighted by atomic mass is 16.5. The van der Waals surface area contributed by atoms with Crippen LogP contribution in [-0.4, -0.2) is 51.6 Å². The van der Waals surface area contributed by atoms with Gasteiger partial charge in [0, 0.05) is 22.7 Å². The van der Waals surface area contributed by atoms with Crippen molar-refractivity contribution < 1.29 is 24.1 Å². The third kappa shape index (κ3) is 5.86. The van der Waals surface area contributed by atoms with Crippen molar-refractivity contribution in [3.05, 3.63) is 41.6 Å². The lowest BCUT2D eigenvalue weighted by Gasteiger charge is -2.20.